The third-order valence-electron chi connectivity index (χ3n) is 5.15. The lowest BCUT2D eigenvalue weighted by Gasteiger charge is -2.30. The number of hydrogen-bond donors (Lipinski definition) is 0. The van der Waals surface area contributed by atoms with Crippen molar-refractivity contribution in [3.63, 3.8) is 0 Å². The Hall–Kier alpha value is -0.860. The van der Waals surface area contributed by atoms with Crippen molar-refractivity contribution in [2.24, 2.45) is 11.8 Å². The number of likely N-dealkylation sites (N-methyl/N-ethyl adjacent to an activating group) is 1. The van der Waals surface area contributed by atoms with Crippen LogP contribution >= 0.6 is 0 Å². The molecule has 0 unspecified atom stereocenters. The summed E-state index contributed by atoms with van der Waals surface area (Å²) < 4.78 is 0. The maximum atomic E-state index is 2.70. The Morgan fingerprint density at radius 2 is 1.71 bits per heavy atom. The zero-order valence-electron chi connectivity index (χ0n) is 16.4. The van der Waals surface area contributed by atoms with Gasteiger partial charge in [0.05, 0.1) is 0 Å². The normalized spacial score (nSPS) is 16.5. The highest BCUT2D eigenvalue weighted by Gasteiger charge is 2.17. The average Bonchev–Trinajstić information content (AvgIpc) is 2.53. The summed E-state index contributed by atoms with van der Waals surface area (Å²) in [5.74, 6) is 1.65. The SMILES string of the molecule is CC(C)Cc1cccc(CN(CCN(C)C)CC2CCCCC2)c1. The van der Waals surface area contributed by atoms with Gasteiger partial charge in [-0.2, -0.15) is 0 Å². The van der Waals surface area contributed by atoms with Gasteiger partial charge in [-0.15, -0.1) is 0 Å². The first kappa shape index (κ1) is 19.5. The highest BCUT2D eigenvalue weighted by molar-refractivity contribution is 5.23. The molecule has 1 aromatic carbocycles. The lowest BCUT2D eigenvalue weighted by atomic mass is 9.89. The summed E-state index contributed by atoms with van der Waals surface area (Å²) in [7, 11) is 4.37. The van der Waals surface area contributed by atoms with Crippen LogP contribution in [0, 0.1) is 11.8 Å². The van der Waals surface area contributed by atoms with Crippen molar-refractivity contribution in [1.82, 2.24) is 9.80 Å². The molecule has 2 rings (SSSR count). The van der Waals surface area contributed by atoms with Gasteiger partial charge in [-0.1, -0.05) is 57.4 Å². The zero-order valence-corrected chi connectivity index (χ0v) is 16.4. The molecule has 0 atom stereocenters. The number of benzene rings is 1. The maximum absolute atomic E-state index is 2.70. The summed E-state index contributed by atoms with van der Waals surface area (Å²) >= 11 is 0. The highest BCUT2D eigenvalue weighted by Crippen LogP contribution is 2.25. The van der Waals surface area contributed by atoms with Gasteiger partial charge >= 0.3 is 0 Å². The third kappa shape index (κ3) is 7.36. The zero-order chi connectivity index (χ0) is 17.4. The third-order valence-corrected chi connectivity index (χ3v) is 5.15. The van der Waals surface area contributed by atoms with Gasteiger partial charge in [0.1, 0.15) is 0 Å². The molecule has 1 aromatic rings. The van der Waals surface area contributed by atoms with Crippen LogP contribution < -0.4 is 0 Å². The molecule has 1 fully saturated rings. The largest absolute Gasteiger partial charge is 0.308 e. The molecule has 0 spiro atoms. The molecule has 0 aromatic heterocycles. The fourth-order valence-electron chi connectivity index (χ4n) is 3.90. The number of hydrogen-bond acceptors (Lipinski definition) is 2. The Kier molecular flexibility index (Phi) is 8.28. The molecule has 0 bridgehead atoms. The van der Waals surface area contributed by atoms with Crippen LogP contribution in [0.4, 0.5) is 0 Å². The molecule has 2 nitrogen and oxygen atoms in total. The van der Waals surface area contributed by atoms with E-state index in [-0.39, 0.29) is 0 Å². The molecule has 1 aliphatic carbocycles. The lowest BCUT2D eigenvalue weighted by molar-refractivity contribution is 0.179. The first-order valence-electron chi connectivity index (χ1n) is 9.98. The Morgan fingerprint density at radius 1 is 1.00 bits per heavy atom. The maximum Gasteiger partial charge on any atom is 0.0234 e. The molecule has 1 aliphatic rings. The van der Waals surface area contributed by atoms with E-state index in [2.05, 4.69) is 62.0 Å². The summed E-state index contributed by atoms with van der Waals surface area (Å²) in [6, 6.07) is 9.28. The molecular formula is C22H38N2. The fourth-order valence-corrected chi connectivity index (χ4v) is 3.90. The molecule has 0 heterocycles. The minimum absolute atomic E-state index is 0.729. The van der Waals surface area contributed by atoms with Gasteiger partial charge in [0.2, 0.25) is 0 Å². The summed E-state index contributed by atoms with van der Waals surface area (Å²) in [5, 5.41) is 0. The van der Waals surface area contributed by atoms with E-state index >= 15 is 0 Å². The monoisotopic (exact) mass is 330 g/mol. The first-order chi connectivity index (χ1) is 11.5. The Balaban J connectivity index is 1.97. The molecule has 0 radical (unpaired) electrons. The van der Waals surface area contributed by atoms with Crippen LogP contribution in [0.25, 0.3) is 0 Å². The Morgan fingerprint density at radius 3 is 2.38 bits per heavy atom. The van der Waals surface area contributed by atoms with Gasteiger partial charge < -0.3 is 4.90 Å². The van der Waals surface area contributed by atoms with Gasteiger partial charge in [0, 0.05) is 26.2 Å². The van der Waals surface area contributed by atoms with Gasteiger partial charge in [0.15, 0.2) is 0 Å². The van der Waals surface area contributed by atoms with Crippen LogP contribution in [-0.2, 0) is 13.0 Å². The van der Waals surface area contributed by atoms with Crippen molar-refractivity contribution in [3.8, 4) is 0 Å². The Bertz CT molecular complexity index is 461. The van der Waals surface area contributed by atoms with E-state index in [1.807, 2.05) is 0 Å². The van der Waals surface area contributed by atoms with Crippen LogP contribution in [0.1, 0.15) is 57.1 Å². The summed E-state index contributed by atoms with van der Waals surface area (Å²) in [4.78, 5) is 5.01. The van der Waals surface area contributed by atoms with Crippen molar-refractivity contribution in [2.75, 3.05) is 33.7 Å². The van der Waals surface area contributed by atoms with Crippen molar-refractivity contribution in [1.29, 1.82) is 0 Å². The second kappa shape index (κ2) is 10.2. The van der Waals surface area contributed by atoms with Crippen molar-refractivity contribution in [3.05, 3.63) is 35.4 Å². The van der Waals surface area contributed by atoms with E-state index in [1.165, 1.54) is 62.7 Å². The predicted molar refractivity (Wildman–Crippen MR) is 105 cm³/mol. The first-order valence-corrected chi connectivity index (χ1v) is 9.98. The van der Waals surface area contributed by atoms with Crippen LogP contribution in [0.15, 0.2) is 24.3 Å². The van der Waals surface area contributed by atoms with E-state index in [1.54, 1.807) is 0 Å². The fraction of sp³-hybridized carbons (Fsp3) is 0.727. The number of nitrogens with zero attached hydrogens (tertiary/aromatic N) is 2. The van der Waals surface area contributed by atoms with Crippen LogP contribution in [-0.4, -0.2) is 43.5 Å². The second-order valence-electron chi connectivity index (χ2n) is 8.46. The van der Waals surface area contributed by atoms with Gasteiger partial charge in [-0.05, 0) is 56.3 Å². The summed E-state index contributed by atoms with van der Waals surface area (Å²) in [6.45, 7) is 9.33. The molecule has 0 aliphatic heterocycles. The van der Waals surface area contributed by atoms with E-state index in [0.717, 1.165) is 24.9 Å². The van der Waals surface area contributed by atoms with Crippen molar-refractivity contribution in [2.45, 2.75) is 58.9 Å². The van der Waals surface area contributed by atoms with Crippen LogP contribution in [0.3, 0.4) is 0 Å². The topological polar surface area (TPSA) is 6.48 Å². The molecule has 0 saturated heterocycles. The molecule has 2 heteroatoms. The van der Waals surface area contributed by atoms with Gasteiger partial charge in [0.25, 0.3) is 0 Å². The second-order valence-corrected chi connectivity index (χ2v) is 8.46. The molecule has 0 amide bonds. The predicted octanol–water partition coefficient (Wildman–Crippen LogP) is 4.83. The van der Waals surface area contributed by atoms with Crippen molar-refractivity contribution < 1.29 is 0 Å². The number of rotatable bonds is 9. The molecule has 0 N–H and O–H groups in total. The molecule has 136 valence electrons. The van der Waals surface area contributed by atoms with Gasteiger partial charge in [-0.3, -0.25) is 4.90 Å². The molecule has 24 heavy (non-hydrogen) atoms. The molecule has 1 saturated carbocycles. The summed E-state index contributed by atoms with van der Waals surface area (Å²) in [5.41, 5.74) is 2.98. The quantitative estimate of drug-likeness (QED) is 0.640. The van der Waals surface area contributed by atoms with E-state index in [0.29, 0.717) is 0 Å². The van der Waals surface area contributed by atoms with Crippen LogP contribution in [0.2, 0.25) is 0 Å². The smallest absolute Gasteiger partial charge is 0.0234 e. The van der Waals surface area contributed by atoms with Crippen molar-refractivity contribution >= 4 is 0 Å². The minimum atomic E-state index is 0.729. The molecular weight excluding hydrogens is 292 g/mol. The van der Waals surface area contributed by atoms with Crippen LogP contribution in [0.5, 0.6) is 0 Å². The minimum Gasteiger partial charge on any atom is -0.308 e. The Labute approximate surface area is 150 Å². The highest BCUT2D eigenvalue weighted by atomic mass is 15.2. The van der Waals surface area contributed by atoms with E-state index in [9.17, 15) is 0 Å². The van der Waals surface area contributed by atoms with E-state index < -0.39 is 0 Å². The van der Waals surface area contributed by atoms with E-state index in [4.69, 9.17) is 0 Å². The average molecular weight is 331 g/mol. The standard InChI is InChI=1S/C22H38N2/c1-19(2)15-21-11-8-12-22(16-21)18-24(14-13-23(3)4)17-20-9-6-5-7-10-20/h8,11-12,16,19-20H,5-7,9-10,13-15,17-18H2,1-4H3. The summed E-state index contributed by atoms with van der Waals surface area (Å²) in [6.07, 6.45) is 8.39. The van der Waals surface area contributed by atoms with Gasteiger partial charge in [-0.25, -0.2) is 0 Å². The lowest BCUT2D eigenvalue weighted by Crippen LogP contribution is -2.35.